The van der Waals surface area contributed by atoms with Gasteiger partial charge in [0.05, 0.1) is 22.1 Å². The molecule has 0 saturated heterocycles. The largest absolute Gasteiger partial charge is 0.497 e. The van der Waals surface area contributed by atoms with E-state index in [2.05, 4.69) is 15.9 Å². The van der Waals surface area contributed by atoms with E-state index in [1.807, 2.05) is 0 Å². The fraction of sp³-hybridized carbons (Fsp3) is 0.125. The first-order valence-corrected chi connectivity index (χ1v) is 7.50. The number of ketones is 1. The van der Waals surface area contributed by atoms with Crippen molar-refractivity contribution in [1.82, 2.24) is 0 Å². The third kappa shape index (κ3) is 4.17. The van der Waals surface area contributed by atoms with Gasteiger partial charge in [-0.15, -0.1) is 0 Å². The van der Waals surface area contributed by atoms with Crippen LogP contribution in [0.25, 0.3) is 0 Å². The zero-order valence-electron chi connectivity index (χ0n) is 12.5. The van der Waals surface area contributed by atoms with Crippen molar-refractivity contribution in [3.05, 3.63) is 68.2 Å². The molecule has 124 valence electrons. The Kier molecular flexibility index (Phi) is 5.64. The number of nitrogens with zero attached hydrogens (tertiary/aromatic N) is 1. The number of hydrogen-bond acceptors (Lipinski definition) is 6. The van der Waals surface area contributed by atoms with Crippen LogP contribution in [0.15, 0.2) is 46.9 Å². The van der Waals surface area contributed by atoms with Crippen molar-refractivity contribution in [1.29, 1.82) is 0 Å². The van der Waals surface area contributed by atoms with Gasteiger partial charge in [0, 0.05) is 11.6 Å². The van der Waals surface area contributed by atoms with Crippen molar-refractivity contribution in [3.63, 3.8) is 0 Å². The van der Waals surface area contributed by atoms with E-state index in [9.17, 15) is 19.7 Å². The third-order valence-corrected chi connectivity index (χ3v) is 3.80. The van der Waals surface area contributed by atoms with E-state index < -0.39 is 23.3 Å². The highest BCUT2D eigenvalue weighted by Gasteiger charge is 2.18. The number of nitro benzene ring substituents is 1. The molecule has 0 bridgehead atoms. The maximum atomic E-state index is 12.0. The van der Waals surface area contributed by atoms with E-state index in [1.54, 1.807) is 24.3 Å². The molecule has 2 aromatic rings. The Bertz CT molecular complexity index is 788. The summed E-state index contributed by atoms with van der Waals surface area (Å²) in [6, 6.07) is 10.2. The van der Waals surface area contributed by atoms with Crippen molar-refractivity contribution in [2.24, 2.45) is 0 Å². The number of benzene rings is 2. The number of Topliss-reactive ketones (excluding diaryl/α,β-unsaturated/α-hetero) is 1. The van der Waals surface area contributed by atoms with E-state index in [-0.39, 0.29) is 15.7 Å². The first-order valence-electron chi connectivity index (χ1n) is 6.70. The second kappa shape index (κ2) is 7.69. The smallest absolute Gasteiger partial charge is 0.338 e. The molecule has 0 aliphatic carbocycles. The van der Waals surface area contributed by atoms with Crippen molar-refractivity contribution in [2.75, 3.05) is 13.7 Å². The quantitative estimate of drug-likeness (QED) is 0.323. The van der Waals surface area contributed by atoms with Gasteiger partial charge in [0.15, 0.2) is 12.4 Å². The summed E-state index contributed by atoms with van der Waals surface area (Å²) >= 11 is 3.03. The lowest BCUT2D eigenvalue weighted by molar-refractivity contribution is -0.385. The van der Waals surface area contributed by atoms with E-state index in [0.717, 1.165) is 6.07 Å². The summed E-state index contributed by atoms with van der Waals surface area (Å²) in [5.41, 5.74) is 0.101. The molecule has 0 N–H and O–H groups in total. The highest BCUT2D eigenvalue weighted by molar-refractivity contribution is 9.10. The van der Waals surface area contributed by atoms with Gasteiger partial charge in [-0.25, -0.2) is 4.79 Å². The molecular weight excluding hydrogens is 382 g/mol. The summed E-state index contributed by atoms with van der Waals surface area (Å²) < 4.78 is 10.2. The van der Waals surface area contributed by atoms with Gasteiger partial charge in [0.1, 0.15) is 5.75 Å². The van der Waals surface area contributed by atoms with Gasteiger partial charge < -0.3 is 9.47 Å². The van der Waals surface area contributed by atoms with Gasteiger partial charge in [-0.05, 0) is 52.3 Å². The van der Waals surface area contributed by atoms with Crippen LogP contribution in [0.5, 0.6) is 5.75 Å². The van der Waals surface area contributed by atoms with E-state index in [1.165, 1.54) is 19.2 Å². The van der Waals surface area contributed by atoms with E-state index in [0.29, 0.717) is 11.3 Å². The highest BCUT2D eigenvalue weighted by Crippen LogP contribution is 2.25. The zero-order valence-corrected chi connectivity index (χ0v) is 14.1. The third-order valence-electron chi connectivity index (χ3n) is 3.12. The Balaban J connectivity index is 2.03. The number of halogens is 1. The van der Waals surface area contributed by atoms with Gasteiger partial charge in [-0.1, -0.05) is 0 Å². The predicted molar refractivity (Wildman–Crippen MR) is 88.4 cm³/mol. The standard InChI is InChI=1S/C16H12BrNO6/c1-23-12-5-2-10(3-6-12)15(19)9-24-16(20)11-4-7-13(17)14(8-11)18(21)22/h2-8H,9H2,1H3. The molecule has 0 heterocycles. The summed E-state index contributed by atoms with van der Waals surface area (Å²) in [7, 11) is 1.51. The van der Waals surface area contributed by atoms with Crippen LogP contribution in [0.1, 0.15) is 20.7 Å². The normalized spacial score (nSPS) is 10.1. The van der Waals surface area contributed by atoms with Gasteiger partial charge in [0.2, 0.25) is 0 Å². The minimum Gasteiger partial charge on any atom is -0.497 e. The van der Waals surface area contributed by atoms with Crippen molar-refractivity contribution in [3.8, 4) is 5.75 Å². The average molecular weight is 394 g/mol. The van der Waals surface area contributed by atoms with Crippen LogP contribution in [-0.4, -0.2) is 30.4 Å². The van der Waals surface area contributed by atoms with Crippen LogP contribution in [0.3, 0.4) is 0 Å². The number of nitro groups is 1. The zero-order chi connectivity index (χ0) is 17.7. The Morgan fingerprint density at radius 2 is 1.75 bits per heavy atom. The molecule has 0 spiro atoms. The number of esters is 1. The molecule has 0 saturated carbocycles. The second-order valence-electron chi connectivity index (χ2n) is 4.65. The molecule has 0 fully saturated rings. The highest BCUT2D eigenvalue weighted by atomic mass is 79.9. The average Bonchev–Trinajstić information content (AvgIpc) is 2.59. The molecule has 0 amide bonds. The second-order valence-corrected chi connectivity index (χ2v) is 5.51. The van der Waals surface area contributed by atoms with Crippen LogP contribution in [0.4, 0.5) is 5.69 Å². The number of hydrogen-bond donors (Lipinski definition) is 0. The summed E-state index contributed by atoms with van der Waals surface area (Å²) in [6.07, 6.45) is 0. The van der Waals surface area contributed by atoms with Gasteiger partial charge in [-0.2, -0.15) is 0 Å². The Morgan fingerprint density at radius 3 is 2.33 bits per heavy atom. The molecule has 0 atom stereocenters. The van der Waals surface area contributed by atoms with Gasteiger partial charge in [-0.3, -0.25) is 14.9 Å². The maximum Gasteiger partial charge on any atom is 0.338 e. The summed E-state index contributed by atoms with van der Waals surface area (Å²) in [4.78, 5) is 34.1. The summed E-state index contributed by atoms with van der Waals surface area (Å²) in [5.74, 6) is -0.601. The molecule has 0 aliphatic heterocycles. The van der Waals surface area contributed by atoms with Crippen LogP contribution >= 0.6 is 15.9 Å². The molecule has 2 aromatic carbocycles. The monoisotopic (exact) mass is 393 g/mol. The lowest BCUT2D eigenvalue weighted by atomic mass is 10.1. The SMILES string of the molecule is COc1ccc(C(=O)COC(=O)c2ccc(Br)c([N+](=O)[O-])c2)cc1. The number of rotatable bonds is 6. The lowest BCUT2D eigenvalue weighted by Crippen LogP contribution is -2.14. The lowest BCUT2D eigenvalue weighted by Gasteiger charge is -2.06. The summed E-state index contributed by atoms with van der Waals surface area (Å²) in [6.45, 7) is -0.463. The first kappa shape index (κ1) is 17.6. The van der Waals surface area contributed by atoms with Crippen LogP contribution in [0.2, 0.25) is 0 Å². The number of methoxy groups -OCH3 is 1. The molecule has 0 aliphatic rings. The van der Waals surface area contributed by atoms with Crippen LogP contribution in [0, 0.1) is 10.1 Å². The van der Waals surface area contributed by atoms with Gasteiger partial charge >= 0.3 is 5.97 Å². The predicted octanol–water partition coefficient (Wildman–Crippen LogP) is 3.41. The topological polar surface area (TPSA) is 95.7 Å². The molecule has 24 heavy (non-hydrogen) atoms. The number of carbonyl (C=O) groups is 2. The van der Waals surface area contributed by atoms with Gasteiger partial charge in [0.25, 0.3) is 5.69 Å². The fourth-order valence-electron chi connectivity index (χ4n) is 1.85. The van der Waals surface area contributed by atoms with Crippen molar-refractivity contribution in [2.45, 2.75) is 0 Å². The maximum absolute atomic E-state index is 12.0. The fourth-order valence-corrected chi connectivity index (χ4v) is 2.25. The summed E-state index contributed by atoms with van der Waals surface area (Å²) in [5, 5.41) is 10.9. The number of ether oxygens (including phenoxy) is 2. The van der Waals surface area contributed by atoms with Crippen LogP contribution in [-0.2, 0) is 4.74 Å². The molecule has 0 unspecified atom stereocenters. The molecule has 0 radical (unpaired) electrons. The van der Waals surface area contributed by atoms with Crippen LogP contribution < -0.4 is 4.74 Å². The molecule has 7 nitrogen and oxygen atoms in total. The Hall–Kier alpha value is -2.74. The minimum atomic E-state index is -0.813. The number of carbonyl (C=O) groups excluding carboxylic acids is 2. The molecule has 0 aromatic heterocycles. The minimum absolute atomic E-state index is 0.00701. The Labute approximate surface area is 145 Å². The van der Waals surface area contributed by atoms with Crippen molar-refractivity contribution >= 4 is 33.4 Å². The molecule has 2 rings (SSSR count). The van der Waals surface area contributed by atoms with E-state index >= 15 is 0 Å². The van der Waals surface area contributed by atoms with Crippen molar-refractivity contribution < 1.29 is 24.0 Å². The van der Waals surface area contributed by atoms with E-state index in [4.69, 9.17) is 9.47 Å². The first-order chi connectivity index (χ1) is 11.4. The Morgan fingerprint density at radius 1 is 1.12 bits per heavy atom. The molecular formula is C16H12BrNO6. The molecule has 8 heteroatoms.